The highest BCUT2D eigenvalue weighted by molar-refractivity contribution is 5.78. The summed E-state index contributed by atoms with van der Waals surface area (Å²) in [6, 6.07) is 2.27. The molecule has 27 heavy (non-hydrogen) atoms. The van der Waals surface area contributed by atoms with Crippen LogP contribution < -0.4 is 10.2 Å². The van der Waals surface area contributed by atoms with Gasteiger partial charge in [0.05, 0.1) is 18.8 Å². The third-order valence-electron chi connectivity index (χ3n) is 4.91. The summed E-state index contributed by atoms with van der Waals surface area (Å²) in [5, 5.41) is 2.95. The normalized spacial score (nSPS) is 21.0. The first kappa shape index (κ1) is 20.0. The van der Waals surface area contributed by atoms with Crippen molar-refractivity contribution in [1.82, 2.24) is 20.2 Å². The van der Waals surface area contributed by atoms with Crippen LogP contribution in [-0.4, -0.2) is 79.9 Å². The number of aromatic nitrogens is 2. The first-order valence-corrected chi connectivity index (χ1v) is 9.76. The lowest BCUT2D eigenvalue weighted by Gasteiger charge is -2.35. The van der Waals surface area contributed by atoms with E-state index in [4.69, 9.17) is 14.5 Å². The summed E-state index contributed by atoms with van der Waals surface area (Å²) >= 11 is 0. The second-order valence-electron chi connectivity index (χ2n) is 7.55. The van der Waals surface area contributed by atoms with Crippen LogP contribution in [0.4, 0.5) is 5.82 Å². The third-order valence-corrected chi connectivity index (χ3v) is 4.91. The van der Waals surface area contributed by atoms with Crippen LogP contribution in [0.5, 0.6) is 0 Å². The molecule has 1 N–H and O–H groups in total. The van der Waals surface area contributed by atoms with Gasteiger partial charge in [0, 0.05) is 57.9 Å². The van der Waals surface area contributed by atoms with Gasteiger partial charge in [0.25, 0.3) is 0 Å². The van der Waals surface area contributed by atoms with Gasteiger partial charge in [0.15, 0.2) is 5.82 Å². The smallest absolute Gasteiger partial charge is 0.234 e. The second kappa shape index (κ2) is 9.43. The minimum absolute atomic E-state index is 0.0892. The molecule has 0 bridgehead atoms. The molecule has 8 heteroatoms. The molecular formula is C19H31N5O3. The first-order valence-electron chi connectivity index (χ1n) is 9.76. The number of piperazine rings is 1. The average Bonchev–Trinajstić information content (AvgIpc) is 3.16. The van der Waals surface area contributed by atoms with Crippen LogP contribution in [0.3, 0.4) is 0 Å². The van der Waals surface area contributed by atoms with E-state index in [1.807, 2.05) is 13.8 Å². The maximum atomic E-state index is 12.0. The second-order valence-corrected chi connectivity index (χ2v) is 7.55. The number of rotatable bonds is 7. The van der Waals surface area contributed by atoms with Gasteiger partial charge >= 0.3 is 0 Å². The molecule has 8 nitrogen and oxygen atoms in total. The molecule has 0 spiro atoms. The van der Waals surface area contributed by atoms with E-state index in [0.717, 1.165) is 63.1 Å². The van der Waals surface area contributed by atoms with E-state index in [9.17, 15) is 4.79 Å². The molecule has 0 aromatic carbocycles. The molecule has 1 atom stereocenters. The van der Waals surface area contributed by atoms with Gasteiger partial charge in [-0.15, -0.1) is 0 Å². The minimum Gasteiger partial charge on any atom is -0.381 e. The fraction of sp³-hybridized carbons (Fsp3) is 0.737. The first-order chi connectivity index (χ1) is 13.0. The van der Waals surface area contributed by atoms with E-state index in [1.165, 1.54) is 0 Å². The number of anilines is 1. The van der Waals surface area contributed by atoms with E-state index in [0.29, 0.717) is 19.1 Å². The molecule has 150 valence electrons. The fourth-order valence-corrected chi connectivity index (χ4v) is 3.54. The molecular weight excluding hydrogens is 346 g/mol. The number of hydrogen-bond acceptors (Lipinski definition) is 7. The average molecular weight is 377 g/mol. The van der Waals surface area contributed by atoms with Crippen molar-refractivity contribution in [2.45, 2.75) is 38.8 Å². The topological polar surface area (TPSA) is 79.8 Å². The molecule has 1 aromatic heterocycles. The maximum Gasteiger partial charge on any atom is 0.234 e. The van der Waals surface area contributed by atoms with E-state index < -0.39 is 0 Å². The predicted octanol–water partition coefficient (Wildman–Crippen LogP) is 0.774. The molecule has 0 saturated carbocycles. The number of nitrogens with zero attached hydrogens (tertiary/aromatic N) is 4. The van der Waals surface area contributed by atoms with Crippen LogP contribution in [-0.2, 0) is 20.9 Å². The molecule has 2 aliphatic rings. The van der Waals surface area contributed by atoms with Crippen molar-refractivity contribution in [2.24, 2.45) is 0 Å². The summed E-state index contributed by atoms with van der Waals surface area (Å²) < 4.78 is 10.8. The van der Waals surface area contributed by atoms with Crippen molar-refractivity contribution in [3.63, 3.8) is 0 Å². The maximum absolute atomic E-state index is 12.0. The number of carbonyl (C=O) groups excluding carboxylic acids is 1. The third kappa shape index (κ3) is 5.60. The zero-order valence-corrected chi connectivity index (χ0v) is 16.6. The van der Waals surface area contributed by atoms with Crippen LogP contribution >= 0.6 is 0 Å². The van der Waals surface area contributed by atoms with Gasteiger partial charge in [-0.1, -0.05) is 0 Å². The Morgan fingerprint density at radius 2 is 2.11 bits per heavy atom. The molecule has 1 aromatic rings. The monoisotopic (exact) mass is 377 g/mol. The van der Waals surface area contributed by atoms with Gasteiger partial charge in [-0.05, 0) is 20.3 Å². The number of ether oxygens (including phenoxy) is 2. The standard InChI is InChI=1S/C19H31N5O3/c1-14(2)20-19(25)11-23-5-7-24(8-6-23)18-10-16(15-4-9-27-12-15)21-17(22-18)13-26-3/h10,14-15H,4-9,11-13H2,1-3H3,(H,20,25). The highest BCUT2D eigenvalue weighted by Crippen LogP contribution is 2.26. The zero-order chi connectivity index (χ0) is 19.2. The molecule has 2 fully saturated rings. The van der Waals surface area contributed by atoms with Crippen molar-refractivity contribution in [1.29, 1.82) is 0 Å². The number of nitrogens with one attached hydrogen (secondary N) is 1. The van der Waals surface area contributed by atoms with Crippen molar-refractivity contribution in [2.75, 3.05) is 57.9 Å². The molecule has 0 aliphatic carbocycles. The lowest BCUT2D eigenvalue weighted by atomic mass is 10.0. The summed E-state index contributed by atoms with van der Waals surface area (Å²) in [5.74, 6) is 2.09. The lowest BCUT2D eigenvalue weighted by Crippen LogP contribution is -2.50. The van der Waals surface area contributed by atoms with Crippen molar-refractivity contribution in [3.8, 4) is 0 Å². The van der Waals surface area contributed by atoms with Crippen LogP contribution in [0.2, 0.25) is 0 Å². The Morgan fingerprint density at radius 1 is 1.33 bits per heavy atom. The molecule has 3 rings (SSSR count). The van der Waals surface area contributed by atoms with E-state index in [1.54, 1.807) is 7.11 Å². The van der Waals surface area contributed by atoms with Crippen LogP contribution in [0.1, 0.15) is 37.7 Å². The SMILES string of the molecule is COCc1nc(C2CCOC2)cc(N2CCN(CC(=O)NC(C)C)CC2)n1. The molecule has 0 radical (unpaired) electrons. The van der Waals surface area contributed by atoms with Gasteiger partial charge < -0.3 is 19.7 Å². The van der Waals surface area contributed by atoms with E-state index in [-0.39, 0.29) is 11.9 Å². The Kier molecular flexibility index (Phi) is 6.98. The Balaban J connectivity index is 1.63. The molecule has 3 heterocycles. The largest absolute Gasteiger partial charge is 0.381 e. The number of hydrogen-bond donors (Lipinski definition) is 1. The van der Waals surface area contributed by atoms with E-state index in [2.05, 4.69) is 26.2 Å². The molecule has 1 unspecified atom stereocenters. The molecule has 2 saturated heterocycles. The number of carbonyl (C=O) groups is 1. The highest BCUT2D eigenvalue weighted by atomic mass is 16.5. The predicted molar refractivity (Wildman–Crippen MR) is 103 cm³/mol. The van der Waals surface area contributed by atoms with Crippen molar-refractivity contribution >= 4 is 11.7 Å². The van der Waals surface area contributed by atoms with Gasteiger partial charge in [-0.25, -0.2) is 9.97 Å². The Hall–Kier alpha value is -1.77. The van der Waals surface area contributed by atoms with Crippen LogP contribution in [0.25, 0.3) is 0 Å². The van der Waals surface area contributed by atoms with Crippen LogP contribution in [0, 0.1) is 0 Å². The Bertz CT molecular complexity index is 626. The van der Waals surface area contributed by atoms with Crippen molar-refractivity contribution in [3.05, 3.63) is 17.6 Å². The summed E-state index contributed by atoms with van der Waals surface area (Å²) in [4.78, 5) is 25.8. The summed E-state index contributed by atoms with van der Waals surface area (Å²) in [7, 11) is 1.66. The van der Waals surface area contributed by atoms with Crippen molar-refractivity contribution < 1.29 is 14.3 Å². The van der Waals surface area contributed by atoms with Gasteiger partial charge in [-0.2, -0.15) is 0 Å². The van der Waals surface area contributed by atoms with Crippen LogP contribution in [0.15, 0.2) is 6.07 Å². The lowest BCUT2D eigenvalue weighted by molar-refractivity contribution is -0.122. The van der Waals surface area contributed by atoms with Gasteiger partial charge in [0.1, 0.15) is 12.4 Å². The highest BCUT2D eigenvalue weighted by Gasteiger charge is 2.24. The quantitative estimate of drug-likeness (QED) is 0.752. The minimum atomic E-state index is 0.0892. The summed E-state index contributed by atoms with van der Waals surface area (Å²) in [6.45, 7) is 9.72. The van der Waals surface area contributed by atoms with Gasteiger partial charge in [-0.3, -0.25) is 9.69 Å². The fourth-order valence-electron chi connectivity index (χ4n) is 3.54. The van der Waals surface area contributed by atoms with E-state index >= 15 is 0 Å². The summed E-state index contributed by atoms with van der Waals surface area (Å²) in [5.41, 5.74) is 1.04. The number of amides is 1. The molecule has 2 aliphatic heterocycles. The number of methoxy groups -OCH3 is 1. The zero-order valence-electron chi connectivity index (χ0n) is 16.6. The summed E-state index contributed by atoms with van der Waals surface area (Å²) in [6.07, 6.45) is 1.00. The Morgan fingerprint density at radius 3 is 2.74 bits per heavy atom. The molecule has 1 amide bonds. The van der Waals surface area contributed by atoms with Gasteiger partial charge in [0.2, 0.25) is 5.91 Å². The Labute approximate surface area is 161 Å².